The van der Waals surface area contributed by atoms with Crippen molar-refractivity contribution in [2.24, 2.45) is 5.10 Å². The summed E-state index contributed by atoms with van der Waals surface area (Å²) < 4.78 is 17.2. The standard InChI is InChI=1S/C23H20N2O4/c1-27-18-13-11-16(12-14-18)15-24-25-23(26)22-21(17-7-3-2-4-8-17)28-19-9-5-6-10-20(19)29-22/h2-15,21-22H,1H3,(H,25,26)/b24-15-/t21-,22+/m0/s1. The van der Waals surface area contributed by atoms with Crippen LogP contribution in [0.4, 0.5) is 0 Å². The summed E-state index contributed by atoms with van der Waals surface area (Å²) in [6, 6.07) is 24.2. The molecule has 4 rings (SSSR count). The molecule has 0 bridgehead atoms. The molecule has 146 valence electrons. The van der Waals surface area contributed by atoms with E-state index in [1.807, 2.05) is 72.8 Å². The number of hydrogen-bond acceptors (Lipinski definition) is 5. The second kappa shape index (κ2) is 8.48. The van der Waals surface area contributed by atoms with Gasteiger partial charge in [0.1, 0.15) is 5.75 Å². The fraction of sp³-hybridized carbons (Fsp3) is 0.130. The molecular weight excluding hydrogens is 368 g/mol. The molecule has 0 saturated heterocycles. The smallest absolute Gasteiger partial charge is 0.285 e. The van der Waals surface area contributed by atoms with Gasteiger partial charge < -0.3 is 14.2 Å². The molecule has 6 heteroatoms. The van der Waals surface area contributed by atoms with Gasteiger partial charge in [-0.25, -0.2) is 5.43 Å². The Bertz CT molecular complexity index is 1000. The molecule has 0 saturated carbocycles. The topological polar surface area (TPSA) is 69.2 Å². The summed E-state index contributed by atoms with van der Waals surface area (Å²) in [6.07, 6.45) is 0.106. The van der Waals surface area contributed by atoms with Crippen LogP contribution in [0.15, 0.2) is 84.0 Å². The van der Waals surface area contributed by atoms with Crippen LogP contribution in [0.1, 0.15) is 17.2 Å². The molecule has 0 fully saturated rings. The lowest BCUT2D eigenvalue weighted by Gasteiger charge is -2.32. The van der Waals surface area contributed by atoms with E-state index in [2.05, 4.69) is 10.5 Å². The molecule has 3 aromatic rings. The molecule has 2 atom stereocenters. The van der Waals surface area contributed by atoms with Gasteiger partial charge in [-0.3, -0.25) is 4.79 Å². The Morgan fingerprint density at radius 3 is 2.28 bits per heavy atom. The van der Waals surface area contributed by atoms with Gasteiger partial charge in [0, 0.05) is 0 Å². The van der Waals surface area contributed by atoms with E-state index >= 15 is 0 Å². The third kappa shape index (κ3) is 4.21. The highest BCUT2D eigenvalue weighted by molar-refractivity contribution is 5.85. The summed E-state index contributed by atoms with van der Waals surface area (Å²) in [6.45, 7) is 0. The van der Waals surface area contributed by atoms with Gasteiger partial charge in [0.25, 0.3) is 5.91 Å². The number of hydrogen-bond donors (Lipinski definition) is 1. The molecule has 29 heavy (non-hydrogen) atoms. The highest BCUT2D eigenvalue weighted by Gasteiger charge is 2.38. The Morgan fingerprint density at radius 1 is 0.931 bits per heavy atom. The Morgan fingerprint density at radius 2 is 1.59 bits per heavy atom. The Labute approximate surface area is 168 Å². The molecule has 1 amide bonds. The van der Waals surface area contributed by atoms with Crippen molar-refractivity contribution in [1.29, 1.82) is 0 Å². The Balaban J connectivity index is 1.52. The zero-order chi connectivity index (χ0) is 20.1. The molecule has 0 radical (unpaired) electrons. The van der Waals surface area contributed by atoms with Crippen LogP contribution < -0.4 is 19.6 Å². The minimum Gasteiger partial charge on any atom is -0.497 e. The number of benzene rings is 3. The van der Waals surface area contributed by atoms with E-state index in [9.17, 15) is 4.79 Å². The first-order chi connectivity index (χ1) is 14.2. The van der Waals surface area contributed by atoms with Gasteiger partial charge in [0.15, 0.2) is 17.6 Å². The van der Waals surface area contributed by atoms with Crippen molar-refractivity contribution >= 4 is 12.1 Å². The second-order valence-corrected chi connectivity index (χ2v) is 6.44. The first-order valence-electron chi connectivity index (χ1n) is 9.19. The van der Waals surface area contributed by atoms with Crippen LogP contribution in [0.2, 0.25) is 0 Å². The normalized spacial score (nSPS) is 17.7. The van der Waals surface area contributed by atoms with Gasteiger partial charge in [-0.1, -0.05) is 42.5 Å². The summed E-state index contributed by atoms with van der Waals surface area (Å²) in [5, 5.41) is 4.06. The minimum absolute atomic E-state index is 0.391. The summed E-state index contributed by atoms with van der Waals surface area (Å²) in [5.41, 5.74) is 4.23. The Kier molecular flexibility index (Phi) is 5.42. The van der Waals surface area contributed by atoms with Gasteiger partial charge in [0.2, 0.25) is 6.10 Å². The number of para-hydroxylation sites is 2. The van der Waals surface area contributed by atoms with E-state index in [1.54, 1.807) is 19.4 Å². The molecule has 1 N–H and O–H groups in total. The molecule has 1 heterocycles. The lowest BCUT2D eigenvalue weighted by atomic mass is 10.0. The van der Waals surface area contributed by atoms with E-state index in [0.717, 1.165) is 16.9 Å². The molecule has 0 aromatic heterocycles. The van der Waals surface area contributed by atoms with Gasteiger partial charge >= 0.3 is 0 Å². The number of hydrazone groups is 1. The summed E-state index contributed by atoms with van der Waals surface area (Å²) in [5.74, 6) is 1.49. The molecule has 0 spiro atoms. The summed E-state index contributed by atoms with van der Waals surface area (Å²) in [4.78, 5) is 12.8. The first-order valence-corrected chi connectivity index (χ1v) is 9.19. The molecule has 6 nitrogen and oxygen atoms in total. The zero-order valence-corrected chi connectivity index (χ0v) is 15.8. The van der Waals surface area contributed by atoms with Gasteiger partial charge in [-0.2, -0.15) is 5.10 Å². The summed E-state index contributed by atoms with van der Waals surface area (Å²) in [7, 11) is 1.61. The van der Waals surface area contributed by atoms with Crippen LogP contribution in [-0.4, -0.2) is 25.3 Å². The maximum atomic E-state index is 12.8. The maximum Gasteiger partial charge on any atom is 0.285 e. The highest BCUT2D eigenvalue weighted by Crippen LogP contribution is 2.39. The quantitative estimate of drug-likeness (QED) is 0.534. The average Bonchev–Trinajstić information content (AvgIpc) is 2.79. The number of carbonyl (C=O) groups is 1. The molecule has 3 aromatic carbocycles. The number of fused-ring (bicyclic) bond motifs is 1. The van der Waals surface area contributed by atoms with Gasteiger partial charge in [0.05, 0.1) is 13.3 Å². The van der Waals surface area contributed by atoms with Gasteiger partial charge in [-0.05, 0) is 47.5 Å². The van der Waals surface area contributed by atoms with Crippen LogP contribution in [0.25, 0.3) is 0 Å². The van der Waals surface area contributed by atoms with Crippen LogP contribution in [-0.2, 0) is 4.79 Å². The molecule has 1 aliphatic heterocycles. The monoisotopic (exact) mass is 388 g/mol. The van der Waals surface area contributed by atoms with Crippen molar-refractivity contribution in [1.82, 2.24) is 5.43 Å². The molecular formula is C23H20N2O4. The van der Waals surface area contributed by atoms with E-state index in [0.29, 0.717) is 11.5 Å². The maximum absolute atomic E-state index is 12.8. The lowest BCUT2D eigenvalue weighted by molar-refractivity contribution is -0.134. The molecule has 0 aliphatic carbocycles. The van der Waals surface area contributed by atoms with Crippen molar-refractivity contribution in [3.63, 3.8) is 0 Å². The minimum atomic E-state index is -0.875. The number of carbonyl (C=O) groups excluding carboxylic acids is 1. The van der Waals surface area contributed by atoms with Crippen molar-refractivity contribution in [2.75, 3.05) is 7.11 Å². The SMILES string of the molecule is COc1ccc(/C=N\NC(=O)[C@@H]2Oc3ccccc3O[C@H]2c2ccccc2)cc1. The number of rotatable bonds is 5. The molecule has 0 unspecified atom stereocenters. The summed E-state index contributed by atoms with van der Waals surface area (Å²) >= 11 is 0. The Hall–Kier alpha value is -3.80. The van der Waals surface area contributed by atoms with E-state index < -0.39 is 18.1 Å². The number of nitrogens with one attached hydrogen (secondary N) is 1. The first kappa shape index (κ1) is 18.6. The van der Waals surface area contributed by atoms with Crippen molar-refractivity contribution in [3.8, 4) is 17.2 Å². The van der Waals surface area contributed by atoms with Crippen molar-refractivity contribution < 1.29 is 19.0 Å². The van der Waals surface area contributed by atoms with Crippen molar-refractivity contribution in [3.05, 3.63) is 90.0 Å². The lowest BCUT2D eigenvalue weighted by Crippen LogP contribution is -2.44. The fourth-order valence-electron chi connectivity index (χ4n) is 3.04. The number of ether oxygens (including phenoxy) is 3. The van der Waals surface area contributed by atoms with E-state index in [4.69, 9.17) is 14.2 Å². The zero-order valence-electron chi connectivity index (χ0n) is 15.8. The van der Waals surface area contributed by atoms with E-state index in [-0.39, 0.29) is 0 Å². The predicted molar refractivity (Wildman–Crippen MR) is 109 cm³/mol. The highest BCUT2D eigenvalue weighted by atomic mass is 16.6. The average molecular weight is 388 g/mol. The van der Waals surface area contributed by atoms with Crippen LogP contribution in [0.5, 0.6) is 17.2 Å². The third-order valence-corrected chi connectivity index (χ3v) is 4.52. The van der Waals surface area contributed by atoms with Crippen LogP contribution >= 0.6 is 0 Å². The fourth-order valence-corrected chi connectivity index (χ4v) is 3.04. The third-order valence-electron chi connectivity index (χ3n) is 4.52. The van der Waals surface area contributed by atoms with Crippen LogP contribution in [0, 0.1) is 0 Å². The number of amides is 1. The van der Waals surface area contributed by atoms with E-state index in [1.165, 1.54) is 0 Å². The number of methoxy groups -OCH3 is 1. The second-order valence-electron chi connectivity index (χ2n) is 6.44. The van der Waals surface area contributed by atoms with Crippen molar-refractivity contribution in [2.45, 2.75) is 12.2 Å². The van der Waals surface area contributed by atoms with Crippen LogP contribution in [0.3, 0.4) is 0 Å². The number of nitrogens with zero attached hydrogens (tertiary/aromatic N) is 1. The predicted octanol–water partition coefficient (Wildman–Crippen LogP) is 3.73. The molecule has 1 aliphatic rings. The van der Waals surface area contributed by atoms with Gasteiger partial charge in [-0.15, -0.1) is 0 Å². The largest absolute Gasteiger partial charge is 0.497 e.